The van der Waals surface area contributed by atoms with Crippen LogP contribution in [0.15, 0.2) is 84.9 Å². The van der Waals surface area contributed by atoms with E-state index in [0.29, 0.717) is 41.5 Å². The van der Waals surface area contributed by atoms with Gasteiger partial charge in [-0.15, -0.1) is 0 Å². The van der Waals surface area contributed by atoms with Crippen LogP contribution < -0.4 is 5.32 Å². The van der Waals surface area contributed by atoms with Crippen LogP contribution in [0.25, 0.3) is 10.5 Å². The molecule has 37 heavy (non-hydrogen) atoms. The van der Waals surface area contributed by atoms with Crippen molar-refractivity contribution in [1.82, 2.24) is 14.7 Å². The number of aliphatic hydroxyl groups is 2. The first kappa shape index (κ1) is 25.8. The van der Waals surface area contributed by atoms with Crippen LogP contribution in [0, 0.1) is 13.5 Å². The average molecular weight is 496 g/mol. The number of nitrogens with one attached hydrogen (secondary N) is 1. The third-order valence-electron chi connectivity index (χ3n) is 5.98. The van der Waals surface area contributed by atoms with E-state index in [-0.39, 0.29) is 25.2 Å². The van der Waals surface area contributed by atoms with Crippen LogP contribution in [0.4, 0.5) is 11.4 Å². The summed E-state index contributed by atoms with van der Waals surface area (Å²) >= 11 is 0. The van der Waals surface area contributed by atoms with E-state index in [2.05, 4.69) is 15.3 Å². The molecule has 0 fully saturated rings. The zero-order valence-corrected chi connectivity index (χ0v) is 20.6. The number of aliphatic hydroxyl groups excluding tert-OH is 2. The average Bonchev–Trinajstić information content (AvgIpc) is 3.32. The van der Waals surface area contributed by atoms with Crippen molar-refractivity contribution in [3.05, 3.63) is 119 Å². The van der Waals surface area contributed by atoms with E-state index in [9.17, 15) is 15.0 Å². The molecule has 8 heteroatoms. The maximum Gasteiger partial charge on any atom is 0.274 e. The van der Waals surface area contributed by atoms with Crippen molar-refractivity contribution < 1.29 is 15.0 Å². The third-order valence-corrected chi connectivity index (χ3v) is 5.98. The fourth-order valence-corrected chi connectivity index (χ4v) is 4.41. The minimum Gasteiger partial charge on any atom is -0.395 e. The predicted octanol–water partition coefficient (Wildman–Crippen LogP) is 4.36. The molecule has 1 unspecified atom stereocenters. The molecule has 0 aliphatic rings. The van der Waals surface area contributed by atoms with Gasteiger partial charge in [0, 0.05) is 18.8 Å². The largest absolute Gasteiger partial charge is 0.395 e. The van der Waals surface area contributed by atoms with Gasteiger partial charge in [-0.05, 0) is 48.4 Å². The molecule has 0 saturated heterocycles. The Labute approximate surface area is 216 Å². The predicted molar refractivity (Wildman–Crippen MR) is 143 cm³/mol. The van der Waals surface area contributed by atoms with Gasteiger partial charge in [0.15, 0.2) is 5.69 Å². The molecule has 3 N–H and O–H groups in total. The fourth-order valence-electron chi connectivity index (χ4n) is 4.41. The van der Waals surface area contributed by atoms with E-state index in [4.69, 9.17) is 6.57 Å². The lowest BCUT2D eigenvalue weighted by Gasteiger charge is -2.32. The van der Waals surface area contributed by atoms with Gasteiger partial charge in [0.1, 0.15) is 5.69 Å². The smallest absolute Gasteiger partial charge is 0.274 e. The minimum atomic E-state index is -0.329. The summed E-state index contributed by atoms with van der Waals surface area (Å²) in [6.07, 6.45) is 0. The number of carbonyl (C=O) groups excluding carboxylic acids is 1. The quantitative estimate of drug-likeness (QED) is 0.284. The monoisotopic (exact) mass is 495 g/mol. The molecule has 0 radical (unpaired) electrons. The molecular weight excluding hydrogens is 466 g/mol. The number of aryl methyl sites for hydroxylation is 1. The van der Waals surface area contributed by atoms with E-state index >= 15 is 0 Å². The van der Waals surface area contributed by atoms with Crippen molar-refractivity contribution in [2.24, 2.45) is 0 Å². The second kappa shape index (κ2) is 12.1. The van der Waals surface area contributed by atoms with Gasteiger partial charge in [-0.1, -0.05) is 54.6 Å². The Balaban J connectivity index is 1.66. The molecule has 1 aromatic heterocycles. The van der Waals surface area contributed by atoms with Gasteiger partial charge in [0.2, 0.25) is 0 Å². The zero-order chi connectivity index (χ0) is 26.2. The lowest BCUT2D eigenvalue weighted by Crippen LogP contribution is -2.34. The van der Waals surface area contributed by atoms with Crippen LogP contribution in [0.2, 0.25) is 0 Å². The normalized spacial score (nSPS) is 11.8. The molecule has 1 amide bonds. The Kier molecular flexibility index (Phi) is 8.44. The van der Waals surface area contributed by atoms with Crippen LogP contribution in [-0.4, -0.2) is 57.1 Å². The molecule has 3 aromatic carbocycles. The highest BCUT2D eigenvalue weighted by molar-refractivity contribution is 6.03. The van der Waals surface area contributed by atoms with Crippen molar-refractivity contribution >= 4 is 17.3 Å². The number of hydrogen-bond acceptors (Lipinski definition) is 5. The standard InChI is InChI=1S/C29H29N5O3/c1-21-18-27(34(32-21)26-13-7-11-24(20-26)30-2)29(37)31-25-12-6-10-23(19-25)28(22-8-4-3-5-9-22)33(14-16-35)15-17-36/h3-13,18-20,28,35-36H,14-17H2,1H3,(H,31,37). The Morgan fingerprint density at radius 2 is 1.68 bits per heavy atom. The minimum absolute atomic E-state index is 0.0438. The molecule has 1 atom stereocenters. The summed E-state index contributed by atoms with van der Waals surface area (Å²) in [5.41, 5.74) is 4.67. The first-order valence-corrected chi connectivity index (χ1v) is 12.0. The first-order valence-electron chi connectivity index (χ1n) is 12.0. The zero-order valence-electron chi connectivity index (χ0n) is 20.6. The van der Waals surface area contributed by atoms with Gasteiger partial charge in [0.05, 0.1) is 37.2 Å². The number of rotatable bonds is 10. The lowest BCUT2D eigenvalue weighted by atomic mass is 9.96. The third kappa shape index (κ3) is 6.11. The molecule has 0 aliphatic carbocycles. The number of amides is 1. The Bertz CT molecular complexity index is 1390. The molecule has 1 heterocycles. The maximum absolute atomic E-state index is 13.4. The van der Waals surface area contributed by atoms with Crippen molar-refractivity contribution in [2.45, 2.75) is 13.0 Å². The van der Waals surface area contributed by atoms with Crippen LogP contribution in [0.1, 0.15) is 33.4 Å². The SMILES string of the molecule is [C-]#[N+]c1cccc(-n2nc(C)cc2C(=O)Nc2cccc(C(c3ccccc3)N(CCO)CCO)c2)c1. The van der Waals surface area contributed by atoms with E-state index in [1.54, 1.807) is 35.0 Å². The van der Waals surface area contributed by atoms with Gasteiger partial charge >= 0.3 is 0 Å². The number of anilines is 1. The summed E-state index contributed by atoms with van der Waals surface area (Å²) in [7, 11) is 0. The van der Waals surface area contributed by atoms with Crippen LogP contribution in [0.3, 0.4) is 0 Å². The van der Waals surface area contributed by atoms with Gasteiger partial charge in [0.25, 0.3) is 5.91 Å². The van der Waals surface area contributed by atoms with Gasteiger partial charge in [-0.3, -0.25) is 9.69 Å². The summed E-state index contributed by atoms with van der Waals surface area (Å²) in [5.74, 6) is -0.329. The highest BCUT2D eigenvalue weighted by Crippen LogP contribution is 2.30. The van der Waals surface area contributed by atoms with E-state index in [1.807, 2.05) is 66.4 Å². The topological polar surface area (TPSA) is 95.0 Å². The number of carbonyl (C=O) groups is 1. The molecule has 188 valence electrons. The highest BCUT2D eigenvalue weighted by Gasteiger charge is 2.23. The second-order valence-corrected chi connectivity index (χ2v) is 8.59. The maximum atomic E-state index is 13.4. The molecule has 0 spiro atoms. The molecule has 8 nitrogen and oxygen atoms in total. The number of benzene rings is 3. The van der Waals surface area contributed by atoms with E-state index < -0.39 is 0 Å². The van der Waals surface area contributed by atoms with Crippen molar-refractivity contribution in [2.75, 3.05) is 31.6 Å². The lowest BCUT2D eigenvalue weighted by molar-refractivity contribution is 0.101. The van der Waals surface area contributed by atoms with Gasteiger partial charge in [-0.2, -0.15) is 5.10 Å². The van der Waals surface area contributed by atoms with Crippen molar-refractivity contribution in [3.8, 4) is 5.69 Å². The Morgan fingerprint density at radius 1 is 0.973 bits per heavy atom. The number of hydrogen-bond donors (Lipinski definition) is 3. The van der Waals surface area contributed by atoms with Crippen molar-refractivity contribution in [1.29, 1.82) is 0 Å². The van der Waals surface area contributed by atoms with Gasteiger partial charge in [-0.25, -0.2) is 9.53 Å². The van der Waals surface area contributed by atoms with Crippen molar-refractivity contribution in [3.63, 3.8) is 0 Å². The number of aromatic nitrogens is 2. The Hall–Kier alpha value is -4.29. The molecule has 4 rings (SSSR count). The number of nitrogens with zero attached hydrogens (tertiary/aromatic N) is 4. The molecule has 4 aromatic rings. The summed E-state index contributed by atoms with van der Waals surface area (Å²) in [6.45, 7) is 9.78. The summed E-state index contributed by atoms with van der Waals surface area (Å²) in [5, 5.41) is 26.8. The summed E-state index contributed by atoms with van der Waals surface area (Å²) < 4.78 is 1.54. The molecule has 0 aliphatic heterocycles. The first-order chi connectivity index (χ1) is 18.0. The van der Waals surface area contributed by atoms with Gasteiger partial charge < -0.3 is 15.5 Å². The highest BCUT2D eigenvalue weighted by atomic mass is 16.3. The summed E-state index contributed by atoms with van der Waals surface area (Å²) in [4.78, 5) is 18.8. The molecular formula is C29H29N5O3. The van der Waals surface area contributed by atoms with Crippen LogP contribution in [0.5, 0.6) is 0 Å². The van der Waals surface area contributed by atoms with E-state index in [0.717, 1.165) is 11.1 Å². The molecule has 0 bridgehead atoms. The second-order valence-electron chi connectivity index (χ2n) is 8.59. The Morgan fingerprint density at radius 3 is 2.38 bits per heavy atom. The van der Waals surface area contributed by atoms with Crippen LogP contribution in [-0.2, 0) is 0 Å². The fraction of sp³-hybridized carbons (Fsp3) is 0.207. The molecule has 0 saturated carbocycles. The van der Waals surface area contributed by atoms with Crippen LogP contribution >= 0.6 is 0 Å². The van der Waals surface area contributed by atoms with E-state index in [1.165, 1.54) is 0 Å². The summed E-state index contributed by atoms with van der Waals surface area (Å²) in [6, 6.07) is 25.9.